The molecule has 1 aliphatic heterocycles. The van der Waals surface area contributed by atoms with Crippen molar-refractivity contribution in [1.82, 2.24) is 4.90 Å². The number of para-hydroxylation sites is 2. The summed E-state index contributed by atoms with van der Waals surface area (Å²) >= 11 is 0. The van der Waals surface area contributed by atoms with Crippen molar-refractivity contribution in [1.29, 1.82) is 0 Å². The van der Waals surface area contributed by atoms with E-state index in [1.165, 1.54) is 33.6 Å². The summed E-state index contributed by atoms with van der Waals surface area (Å²) in [7, 11) is 4.28. The highest BCUT2D eigenvalue weighted by atomic mass is 15.0. The first-order valence-corrected chi connectivity index (χ1v) is 10.2. The van der Waals surface area contributed by atoms with E-state index in [2.05, 4.69) is 96.4 Å². The first-order valence-electron chi connectivity index (χ1n) is 10.2. The van der Waals surface area contributed by atoms with Crippen molar-refractivity contribution in [3.05, 3.63) is 77.9 Å². The molecule has 0 radical (unpaired) electrons. The van der Waals surface area contributed by atoms with Gasteiger partial charge in [0.05, 0.1) is 0 Å². The minimum absolute atomic E-state index is 1.03. The number of rotatable bonds is 7. The summed E-state index contributed by atoms with van der Waals surface area (Å²) in [6, 6.07) is 23.8. The van der Waals surface area contributed by atoms with Crippen LogP contribution in [0.15, 0.2) is 66.7 Å². The standard InChI is InChI=1S/C25H29N3/c1-28(2)18-8-14-22-21(23-13-6-9-19-16-17-26-25(19)23)12-7-15-24(22)27-20-10-4-3-5-11-20/h3-7,9-13,15,26-27H,8,14,16-18H2,1-2H3. The molecule has 0 spiro atoms. The first kappa shape index (κ1) is 18.6. The summed E-state index contributed by atoms with van der Waals surface area (Å²) in [5, 5.41) is 7.26. The van der Waals surface area contributed by atoms with Crippen LogP contribution >= 0.6 is 0 Å². The Hall–Kier alpha value is -2.78. The van der Waals surface area contributed by atoms with Crippen molar-refractivity contribution < 1.29 is 0 Å². The first-order chi connectivity index (χ1) is 13.7. The lowest BCUT2D eigenvalue weighted by Gasteiger charge is -2.19. The fourth-order valence-corrected chi connectivity index (χ4v) is 4.04. The van der Waals surface area contributed by atoms with Gasteiger partial charge < -0.3 is 15.5 Å². The van der Waals surface area contributed by atoms with E-state index < -0.39 is 0 Å². The third kappa shape index (κ3) is 4.05. The van der Waals surface area contributed by atoms with Crippen LogP contribution in [0.25, 0.3) is 11.1 Å². The minimum Gasteiger partial charge on any atom is -0.384 e. The van der Waals surface area contributed by atoms with Gasteiger partial charge in [0.1, 0.15) is 0 Å². The van der Waals surface area contributed by atoms with Gasteiger partial charge in [-0.1, -0.05) is 48.5 Å². The summed E-state index contributed by atoms with van der Waals surface area (Å²) in [4.78, 5) is 2.26. The summed E-state index contributed by atoms with van der Waals surface area (Å²) in [6.07, 6.45) is 3.30. The summed E-state index contributed by atoms with van der Waals surface area (Å²) in [5.41, 5.74) is 9.14. The average molecular weight is 372 g/mol. The van der Waals surface area contributed by atoms with E-state index in [4.69, 9.17) is 0 Å². The Morgan fingerprint density at radius 3 is 2.50 bits per heavy atom. The molecule has 0 aromatic heterocycles. The van der Waals surface area contributed by atoms with Crippen molar-refractivity contribution in [3.8, 4) is 11.1 Å². The predicted octanol–water partition coefficient (Wildman–Crippen LogP) is 5.56. The van der Waals surface area contributed by atoms with Crippen LogP contribution < -0.4 is 10.6 Å². The van der Waals surface area contributed by atoms with Crippen LogP contribution in [-0.2, 0) is 12.8 Å². The molecule has 144 valence electrons. The van der Waals surface area contributed by atoms with E-state index in [1.54, 1.807) is 0 Å². The third-order valence-electron chi connectivity index (χ3n) is 5.40. The fraction of sp³-hybridized carbons (Fsp3) is 0.280. The Balaban J connectivity index is 1.75. The molecule has 0 saturated heterocycles. The minimum atomic E-state index is 1.03. The molecule has 0 fully saturated rings. The van der Waals surface area contributed by atoms with Crippen LogP contribution in [0.1, 0.15) is 17.5 Å². The molecule has 4 rings (SSSR count). The Bertz CT molecular complexity index is 932. The Morgan fingerprint density at radius 1 is 0.893 bits per heavy atom. The number of nitrogens with one attached hydrogen (secondary N) is 2. The Morgan fingerprint density at radius 2 is 1.68 bits per heavy atom. The monoisotopic (exact) mass is 371 g/mol. The molecule has 0 unspecified atom stereocenters. The van der Waals surface area contributed by atoms with Crippen molar-refractivity contribution in [3.63, 3.8) is 0 Å². The van der Waals surface area contributed by atoms with Gasteiger partial charge in [0, 0.05) is 29.2 Å². The van der Waals surface area contributed by atoms with Crippen LogP contribution in [0.3, 0.4) is 0 Å². The lowest BCUT2D eigenvalue weighted by Crippen LogP contribution is -2.14. The van der Waals surface area contributed by atoms with Crippen LogP contribution in [0.2, 0.25) is 0 Å². The van der Waals surface area contributed by atoms with Gasteiger partial charge in [-0.15, -0.1) is 0 Å². The van der Waals surface area contributed by atoms with Crippen molar-refractivity contribution in [2.24, 2.45) is 0 Å². The number of nitrogens with zero attached hydrogens (tertiary/aromatic N) is 1. The van der Waals surface area contributed by atoms with Crippen molar-refractivity contribution in [2.45, 2.75) is 19.3 Å². The molecule has 0 amide bonds. The molecule has 1 aliphatic rings. The van der Waals surface area contributed by atoms with E-state index >= 15 is 0 Å². The van der Waals surface area contributed by atoms with Gasteiger partial charge in [0.15, 0.2) is 0 Å². The molecule has 1 heterocycles. The van der Waals surface area contributed by atoms with Crippen LogP contribution in [0.4, 0.5) is 17.1 Å². The smallest absolute Gasteiger partial charge is 0.0453 e. The average Bonchev–Trinajstić information content (AvgIpc) is 3.18. The molecule has 28 heavy (non-hydrogen) atoms. The van der Waals surface area contributed by atoms with Gasteiger partial charge in [-0.2, -0.15) is 0 Å². The van der Waals surface area contributed by atoms with E-state index in [9.17, 15) is 0 Å². The quantitative estimate of drug-likeness (QED) is 0.569. The third-order valence-corrected chi connectivity index (χ3v) is 5.40. The zero-order valence-electron chi connectivity index (χ0n) is 16.8. The normalized spacial score (nSPS) is 12.7. The maximum absolute atomic E-state index is 3.65. The number of benzene rings is 3. The van der Waals surface area contributed by atoms with Gasteiger partial charge in [0.25, 0.3) is 0 Å². The van der Waals surface area contributed by atoms with Crippen LogP contribution in [0.5, 0.6) is 0 Å². The van der Waals surface area contributed by atoms with E-state index in [0.717, 1.165) is 38.0 Å². The summed E-state index contributed by atoms with van der Waals surface area (Å²) in [5.74, 6) is 0. The Kier molecular flexibility index (Phi) is 5.63. The lowest BCUT2D eigenvalue weighted by atomic mass is 9.92. The highest BCUT2D eigenvalue weighted by molar-refractivity contribution is 5.86. The van der Waals surface area contributed by atoms with Gasteiger partial charge in [-0.05, 0) is 74.8 Å². The number of hydrogen-bond acceptors (Lipinski definition) is 3. The zero-order valence-corrected chi connectivity index (χ0v) is 16.8. The topological polar surface area (TPSA) is 27.3 Å². The highest BCUT2D eigenvalue weighted by Crippen LogP contribution is 2.39. The van der Waals surface area contributed by atoms with Gasteiger partial charge in [-0.25, -0.2) is 0 Å². The second kappa shape index (κ2) is 8.49. The van der Waals surface area contributed by atoms with Gasteiger partial charge in [-0.3, -0.25) is 0 Å². The zero-order chi connectivity index (χ0) is 19.3. The predicted molar refractivity (Wildman–Crippen MR) is 121 cm³/mol. The summed E-state index contributed by atoms with van der Waals surface area (Å²) < 4.78 is 0. The van der Waals surface area contributed by atoms with E-state index in [0.29, 0.717) is 0 Å². The molecule has 3 nitrogen and oxygen atoms in total. The molecule has 0 bridgehead atoms. The second-order valence-electron chi connectivity index (χ2n) is 7.75. The lowest BCUT2D eigenvalue weighted by molar-refractivity contribution is 0.400. The van der Waals surface area contributed by atoms with Gasteiger partial charge >= 0.3 is 0 Å². The molecule has 3 aromatic rings. The molecule has 2 N–H and O–H groups in total. The summed E-state index contributed by atoms with van der Waals surface area (Å²) in [6.45, 7) is 2.12. The van der Waals surface area contributed by atoms with Crippen molar-refractivity contribution in [2.75, 3.05) is 37.8 Å². The number of hydrogen-bond donors (Lipinski definition) is 2. The highest BCUT2D eigenvalue weighted by Gasteiger charge is 2.18. The fourth-order valence-electron chi connectivity index (χ4n) is 4.04. The van der Waals surface area contributed by atoms with Crippen LogP contribution in [-0.4, -0.2) is 32.1 Å². The molecule has 3 heteroatoms. The molecular weight excluding hydrogens is 342 g/mol. The van der Waals surface area contributed by atoms with E-state index in [1.807, 2.05) is 0 Å². The molecule has 3 aromatic carbocycles. The molecule has 0 atom stereocenters. The van der Waals surface area contributed by atoms with Crippen molar-refractivity contribution >= 4 is 17.1 Å². The van der Waals surface area contributed by atoms with Gasteiger partial charge in [0.2, 0.25) is 0 Å². The molecule has 0 aliphatic carbocycles. The largest absolute Gasteiger partial charge is 0.384 e. The second-order valence-corrected chi connectivity index (χ2v) is 7.75. The molecular formula is C25H29N3. The van der Waals surface area contributed by atoms with Crippen LogP contribution in [0, 0.1) is 0 Å². The maximum Gasteiger partial charge on any atom is 0.0453 e. The Labute approximate surface area is 168 Å². The number of fused-ring (bicyclic) bond motifs is 1. The number of anilines is 3. The maximum atomic E-state index is 3.65. The van der Waals surface area contributed by atoms with E-state index in [-0.39, 0.29) is 0 Å². The molecule has 0 saturated carbocycles. The SMILES string of the molecule is CN(C)CCCc1c(Nc2ccccc2)cccc1-c1cccc2c1NCC2.